The summed E-state index contributed by atoms with van der Waals surface area (Å²) in [6.07, 6.45) is -3.16. The Labute approximate surface area is 156 Å². The third-order valence-corrected chi connectivity index (χ3v) is 4.40. The van der Waals surface area contributed by atoms with Crippen LogP contribution in [-0.4, -0.2) is 35.8 Å². The van der Waals surface area contributed by atoms with Crippen LogP contribution in [0.3, 0.4) is 0 Å². The number of hydrogen-bond donors (Lipinski definition) is 2. The number of nitrogens with one attached hydrogen (secondary N) is 1. The summed E-state index contributed by atoms with van der Waals surface area (Å²) in [5, 5.41) is 2.31. The molecular weight excluding hydrogens is 371 g/mol. The van der Waals surface area contributed by atoms with Gasteiger partial charge in [0.2, 0.25) is 5.91 Å². The van der Waals surface area contributed by atoms with E-state index in [1.165, 1.54) is 17.9 Å². The monoisotopic (exact) mass is 393 g/mol. The van der Waals surface area contributed by atoms with Gasteiger partial charge in [-0.3, -0.25) is 9.59 Å². The van der Waals surface area contributed by atoms with Gasteiger partial charge in [-0.15, -0.1) is 12.4 Å². The molecule has 0 bridgehead atoms. The van der Waals surface area contributed by atoms with E-state index < -0.39 is 23.6 Å². The van der Waals surface area contributed by atoms with Crippen LogP contribution in [0, 0.1) is 5.92 Å². The molecule has 3 N–H and O–H groups in total. The molecule has 1 saturated heterocycles. The molecule has 1 fully saturated rings. The SMILES string of the molecule is CC(=O)Nc1cc(C(=O)N2CCC(C(C)N)CC2)cc(C(F)(F)F)c1.Cl. The molecule has 0 spiro atoms. The average Bonchev–Trinajstić information content (AvgIpc) is 2.52. The van der Waals surface area contributed by atoms with E-state index in [0.717, 1.165) is 25.0 Å². The number of benzene rings is 1. The largest absolute Gasteiger partial charge is 0.416 e. The molecule has 1 unspecified atom stereocenters. The average molecular weight is 394 g/mol. The van der Waals surface area contributed by atoms with Gasteiger partial charge in [0.05, 0.1) is 5.56 Å². The van der Waals surface area contributed by atoms with Gasteiger partial charge in [-0.05, 0) is 43.9 Å². The summed E-state index contributed by atoms with van der Waals surface area (Å²) < 4.78 is 39.2. The van der Waals surface area contributed by atoms with Crippen LogP contribution < -0.4 is 11.1 Å². The van der Waals surface area contributed by atoms with Crippen LogP contribution in [0.25, 0.3) is 0 Å². The van der Waals surface area contributed by atoms with Gasteiger partial charge in [0.15, 0.2) is 0 Å². The van der Waals surface area contributed by atoms with Crippen LogP contribution in [0.4, 0.5) is 18.9 Å². The van der Waals surface area contributed by atoms with Crippen LogP contribution in [-0.2, 0) is 11.0 Å². The van der Waals surface area contributed by atoms with Crippen molar-refractivity contribution in [2.24, 2.45) is 11.7 Å². The second kappa shape index (κ2) is 8.73. The highest BCUT2D eigenvalue weighted by Crippen LogP contribution is 2.32. The van der Waals surface area contributed by atoms with Crippen molar-refractivity contribution in [2.75, 3.05) is 18.4 Å². The standard InChI is InChI=1S/C17H22F3N3O2.ClH/c1-10(21)12-3-5-23(6-4-12)16(25)13-7-14(17(18,19)20)9-15(8-13)22-11(2)24;/h7-10,12H,3-6,21H2,1-2H3,(H,22,24);1H. The molecule has 5 nitrogen and oxygen atoms in total. The lowest BCUT2D eigenvalue weighted by Gasteiger charge is -2.34. The Morgan fingerprint density at radius 1 is 1.23 bits per heavy atom. The zero-order valence-electron chi connectivity index (χ0n) is 14.6. The molecule has 0 radical (unpaired) electrons. The van der Waals surface area contributed by atoms with E-state index in [1.807, 2.05) is 6.92 Å². The van der Waals surface area contributed by atoms with E-state index in [1.54, 1.807) is 0 Å². The number of carbonyl (C=O) groups is 2. The van der Waals surface area contributed by atoms with Crippen LogP contribution in [0.15, 0.2) is 18.2 Å². The van der Waals surface area contributed by atoms with Gasteiger partial charge >= 0.3 is 6.18 Å². The van der Waals surface area contributed by atoms with E-state index in [2.05, 4.69) is 5.32 Å². The van der Waals surface area contributed by atoms with E-state index >= 15 is 0 Å². The Morgan fingerprint density at radius 2 is 1.81 bits per heavy atom. The Bertz CT molecular complexity index is 657. The van der Waals surface area contributed by atoms with Crippen molar-refractivity contribution in [3.63, 3.8) is 0 Å². The van der Waals surface area contributed by atoms with Gasteiger partial charge in [-0.25, -0.2) is 0 Å². The zero-order chi connectivity index (χ0) is 18.8. The molecule has 2 rings (SSSR count). The zero-order valence-corrected chi connectivity index (χ0v) is 15.4. The number of rotatable bonds is 3. The van der Waals surface area contributed by atoms with Crippen molar-refractivity contribution in [1.29, 1.82) is 0 Å². The molecule has 1 aromatic carbocycles. The lowest BCUT2D eigenvalue weighted by Crippen LogP contribution is -2.42. The van der Waals surface area contributed by atoms with Crippen LogP contribution in [0.5, 0.6) is 0 Å². The quantitative estimate of drug-likeness (QED) is 0.827. The number of nitrogens with two attached hydrogens (primary N) is 1. The number of nitrogens with zero attached hydrogens (tertiary/aromatic N) is 1. The first kappa shape index (κ1) is 22.2. The summed E-state index contributed by atoms with van der Waals surface area (Å²) in [6, 6.07) is 2.94. The summed E-state index contributed by atoms with van der Waals surface area (Å²) in [5.41, 5.74) is 4.77. The molecule has 1 atom stereocenters. The Kier molecular flexibility index (Phi) is 7.46. The first-order valence-corrected chi connectivity index (χ1v) is 8.12. The Hall–Kier alpha value is -1.80. The van der Waals surface area contributed by atoms with Crippen molar-refractivity contribution in [3.05, 3.63) is 29.3 Å². The van der Waals surface area contributed by atoms with E-state index in [0.29, 0.717) is 19.0 Å². The predicted molar refractivity (Wildman–Crippen MR) is 95.3 cm³/mol. The molecule has 1 aliphatic rings. The lowest BCUT2D eigenvalue weighted by molar-refractivity contribution is -0.137. The van der Waals surface area contributed by atoms with Crippen molar-refractivity contribution in [3.8, 4) is 0 Å². The number of piperidine rings is 1. The minimum Gasteiger partial charge on any atom is -0.339 e. The molecule has 1 aromatic rings. The Morgan fingerprint density at radius 3 is 2.27 bits per heavy atom. The summed E-state index contributed by atoms with van der Waals surface area (Å²) in [7, 11) is 0. The van der Waals surface area contributed by atoms with Crippen molar-refractivity contribution in [2.45, 2.75) is 38.9 Å². The van der Waals surface area contributed by atoms with Gasteiger partial charge < -0.3 is 16.0 Å². The second-order valence-electron chi connectivity index (χ2n) is 6.47. The Balaban J connectivity index is 0.00000338. The minimum atomic E-state index is -4.61. The molecule has 0 aromatic heterocycles. The molecule has 9 heteroatoms. The molecule has 26 heavy (non-hydrogen) atoms. The number of halogens is 4. The maximum absolute atomic E-state index is 13.1. The number of likely N-dealkylation sites (tertiary alicyclic amines) is 1. The fraction of sp³-hybridized carbons (Fsp3) is 0.529. The van der Waals surface area contributed by atoms with Gasteiger partial charge in [0.1, 0.15) is 0 Å². The van der Waals surface area contributed by atoms with E-state index in [9.17, 15) is 22.8 Å². The van der Waals surface area contributed by atoms with Crippen molar-refractivity contribution < 1.29 is 22.8 Å². The van der Waals surface area contributed by atoms with Gasteiger partial charge in [0.25, 0.3) is 5.91 Å². The summed E-state index contributed by atoms with van der Waals surface area (Å²) in [6.45, 7) is 4.02. The molecular formula is C17H23ClF3N3O2. The number of hydrogen-bond acceptors (Lipinski definition) is 3. The lowest BCUT2D eigenvalue weighted by atomic mass is 9.90. The van der Waals surface area contributed by atoms with Gasteiger partial charge in [-0.2, -0.15) is 13.2 Å². The van der Waals surface area contributed by atoms with Crippen LogP contribution in [0.1, 0.15) is 42.6 Å². The predicted octanol–water partition coefficient (Wildman–Crippen LogP) is 3.29. The first-order valence-electron chi connectivity index (χ1n) is 8.12. The number of alkyl halides is 3. The summed E-state index contributed by atoms with van der Waals surface area (Å²) >= 11 is 0. The van der Waals surface area contributed by atoms with Gasteiger partial charge in [-0.1, -0.05) is 0 Å². The topological polar surface area (TPSA) is 75.4 Å². The number of carbonyl (C=O) groups excluding carboxylic acids is 2. The second-order valence-corrected chi connectivity index (χ2v) is 6.47. The maximum atomic E-state index is 13.1. The fourth-order valence-electron chi connectivity index (χ4n) is 3.00. The summed E-state index contributed by atoms with van der Waals surface area (Å²) in [4.78, 5) is 25.3. The molecule has 1 heterocycles. The number of anilines is 1. The molecule has 146 valence electrons. The van der Waals surface area contributed by atoms with Crippen molar-refractivity contribution >= 4 is 29.9 Å². The van der Waals surface area contributed by atoms with Crippen LogP contribution >= 0.6 is 12.4 Å². The molecule has 0 saturated carbocycles. The van der Waals surface area contributed by atoms with E-state index in [4.69, 9.17) is 5.73 Å². The van der Waals surface area contributed by atoms with Gasteiger partial charge in [0, 0.05) is 37.3 Å². The first-order chi connectivity index (χ1) is 11.6. The van der Waals surface area contributed by atoms with E-state index in [-0.39, 0.29) is 29.7 Å². The maximum Gasteiger partial charge on any atom is 0.416 e. The van der Waals surface area contributed by atoms with Crippen molar-refractivity contribution in [1.82, 2.24) is 4.90 Å². The van der Waals surface area contributed by atoms with Crippen LogP contribution in [0.2, 0.25) is 0 Å². The molecule has 0 aliphatic carbocycles. The summed E-state index contributed by atoms with van der Waals surface area (Å²) in [5.74, 6) is -0.670. The number of amides is 2. The third-order valence-electron chi connectivity index (χ3n) is 4.40. The highest BCUT2D eigenvalue weighted by molar-refractivity contribution is 5.97. The normalized spacial score (nSPS) is 16.6. The highest BCUT2D eigenvalue weighted by atomic mass is 35.5. The molecule has 1 aliphatic heterocycles. The molecule has 2 amide bonds. The minimum absolute atomic E-state index is 0. The fourth-order valence-corrected chi connectivity index (χ4v) is 3.00. The smallest absolute Gasteiger partial charge is 0.339 e. The highest BCUT2D eigenvalue weighted by Gasteiger charge is 2.33. The third kappa shape index (κ3) is 5.60.